The van der Waals surface area contributed by atoms with Gasteiger partial charge in [-0.3, -0.25) is 9.67 Å². The topological polar surface area (TPSA) is 54.2 Å². The Morgan fingerprint density at radius 1 is 1.16 bits per heavy atom. The molecule has 6 heteroatoms. The summed E-state index contributed by atoms with van der Waals surface area (Å²) in [4.78, 5) is 4.27. The molecule has 1 aromatic heterocycles. The van der Waals surface area contributed by atoms with Crippen molar-refractivity contribution in [1.29, 1.82) is 0 Å². The number of aryl methyl sites for hydroxylation is 1. The van der Waals surface area contributed by atoms with Crippen LogP contribution in [0.2, 0.25) is 0 Å². The molecule has 138 valence electrons. The minimum absolute atomic E-state index is 0. The molecule has 0 aliphatic carbocycles. The Bertz CT molecular complexity index is 627. The Labute approximate surface area is 168 Å². The third-order valence-corrected chi connectivity index (χ3v) is 3.92. The summed E-state index contributed by atoms with van der Waals surface area (Å²) in [7, 11) is 1.80. The molecule has 0 atom stereocenters. The molecule has 5 nitrogen and oxygen atoms in total. The lowest BCUT2D eigenvalue weighted by molar-refractivity contribution is 0.570. The molecule has 0 aliphatic rings. The molecule has 1 aromatic carbocycles. The fraction of sp³-hybridized carbons (Fsp3) is 0.474. The van der Waals surface area contributed by atoms with Gasteiger partial charge in [-0.2, -0.15) is 5.10 Å². The van der Waals surface area contributed by atoms with Crippen molar-refractivity contribution in [3.05, 3.63) is 53.9 Å². The van der Waals surface area contributed by atoms with Crippen LogP contribution in [0.5, 0.6) is 0 Å². The molecular formula is C19H30IN5. The van der Waals surface area contributed by atoms with Crippen LogP contribution >= 0.6 is 24.0 Å². The number of aromatic nitrogens is 2. The quantitative estimate of drug-likeness (QED) is 0.303. The average Bonchev–Trinajstić information content (AvgIpc) is 3.07. The number of hydrogen-bond donors (Lipinski definition) is 2. The summed E-state index contributed by atoms with van der Waals surface area (Å²) < 4.78 is 1.94. The Morgan fingerprint density at radius 3 is 2.44 bits per heavy atom. The number of benzene rings is 1. The summed E-state index contributed by atoms with van der Waals surface area (Å²) >= 11 is 0. The van der Waals surface area contributed by atoms with Gasteiger partial charge in [0.1, 0.15) is 0 Å². The van der Waals surface area contributed by atoms with Crippen molar-refractivity contribution in [2.45, 2.75) is 45.7 Å². The molecule has 0 saturated carbocycles. The maximum atomic E-state index is 4.27. The maximum absolute atomic E-state index is 4.27. The first-order valence-electron chi connectivity index (χ1n) is 8.50. The highest BCUT2D eigenvalue weighted by atomic mass is 127. The number of guanidine groups is 1. The number of halogens is 1. The molecule has 0 saturated heterocycles. The van der Waals surface area contributed by atoms with Gasteiger partial charge >= 0.3 is 0 Å². The molecule has 0 bridgehead atoms. The van der Waals surface area contributed by atoms with Crippen LogP contribution < -0.4 is 10.6 Å². The monoisotopic (exact) mass is 455 g/mol. The normalized spacial score (nSPS) is 11.8. The van der Waals surface area contributed by atoms with Gasteiger partial charge in [0.05, 0.1) is 0 Å². The standard InChI is InChI=1S/C19H29N5.HI/c1-19(2,3)17-9-7-16(8-10-17)15-22-18(20-4)21-11-5-13-24-14-6-12-23-24;/h6-10,12,14H,5,11,13,15H2,1-4H3,(H2,20,21,22);1H. The van der Waals surface area contributed by atoms with Gasteiger partial charge in [0.15, 0.2) is 5.96 Å². The van der Waals surface area contributed by atoms with Gasteiger partial charge in [0.2, 0.25) is 0 Å². The molecular weight excluding hydrogens is 425 g/mol. The maximum Gasteiger partial charge on any atom is 0.191 e. The Morgan fingerprint density at radius 2 is 1.88 bits per heavy atom. The Kier molecular flexibility index (Phi) is 8.96. The number of hydrogen-bond acceptors (Lipinski definition) is 2. The van der Waals surface area contributed by atoms with E-state index in [1.807, 2.05) is 16.9 Å². The van der Waals surface area contributed by atoms with Crippen molar-refractivity contribution >= 4 is 29.9 Å². The molecule has 0 radical (unpaired) electrons. The number of nitrogens with one attached hydrogen (secondary N) is 2. The number of nitrogens with zero attached hydrogens (tertiary/aromatic N) is 3. The van der Waals surface area contributed by atoms with E-state index >= 15 is 0 Å². The van der Waals surface area contributed by atoms with Crippen molar-refractivity contribution < 1.29 is 0 Å². The summed E-state index contributed by atoms with van der Waals surface area (Å²) in [5.74, 6) is 0.829. The summed E-state index contributed by atoms with van der Waals surface area (Å²) in [6, 6.07) is 10.7. The highest BCUT2D eigenvalue weighted by molar-refractivity contribution is 14.0. The first-order chi connectivity index (χ1) is 11.5. The van der Waals surface area contributed by atoms with E-state index in [0.717, 1.165) is 32.0 Å². The fourth-order valence-corrected chi connectivity index (χ4v) is 2.41. The average molecular weight is 455 g/mol. The third kappa shape index (κ3) is 7.46. The zero-order valence-corrected chi connectivity index (χ0v) is 18.0. The van der Waals surface area contributed by atoms with E-state index < -0.39 is 0 Å². The summed E-state index contributed by atoms with van der Waals surface area (Å²) in [6.45, 7) is 9.23. The molecule has 0 fully saturated rings. The summed E-state index contributed by atoms with van der Waals surface area (Å²) in [5.41, 5.74) is 2.80. The second-order valence-corrected chi connectivity index (χ2v) is 6.92. The molecule has 2 rings (SSSR count). The number of rotatable bonds is 6. The smallest absolute Gasteiger partial charge is 0.191 e. The summed E-state index contributed by atoms with van der Waals surface area (Å²) in [5, 5.41) is 10.9. The van der Waals surface area contributed by atoms with Crippen LogP contribution in [0.25, 0.3) is 0 Å². The molecule has 2 aromatic rings. The van der Waals surface area contributed by atoms with Crippen LogP contribution in [0.1, 0.15) is 38.3 Å². The Balaban J connectivity index is 0.00000312. The zero-order valence-electron chi connectivity index (χ0n) is 15.6. The minimum Gasteiger partial charge on any atom is -0.356 e. The molecule has 0 amide bonds. The van der Waals surface area contributed by atoms with Gasteiger partial charge in [-0.25, -0.2) is 0 Å². The highest BCUT2D eigenvalue weighted by Gasteiger charge is 2.12. The van der Waals surface area contributed by atoms with Crippen molar-refractivity contribution in [3.63, 3.8) is 0 Å². The van der Waals surface area contributed by atoms with E-state index in [2.05, 4.69) is 65.8 Å². The van der Waals surface area contributed by atoms with Crippen LogP contribution in [0.3, 0.4) is 0 Å². The van der Waals surface area contributed by atoms with Gasteiger partial charge in [0.25, 0.3) is 0 Å². The molecule has 2 N–H and O–H groups in total. The minimum atomic E-state index is 0. The zero-order chi connectivity index (χ0) is 17.4. The van der Waals surface area contributed by atoms with E-state index in [-0.39, 0.29) is 29.4 Å². The van der Waals surface area contributed by atoms with Crippen LogP contribution in [0, 0.1) is 0 Å². The predicted octanol–water partition coefficient (Wildman–Crippen LogP) is 3.55. The molecule has 25 heavy (non-hydrogen) atoms. The lowest BCUT2D eigenvalue weighted by Gasteiger charge is -2.19. The van der Waals surface area contributed by atoms with E-state index in [0.29, 0.717) is 0 Å². The second kappa shape index (κ2) is 10.4. The van der Waals surface area contributed by atoms with Crippen molar-refractivity contribution in [2.24, 2.45) is 4.99 Å². The van der Waals surface area contributed by atoms with Crippen LogP contribution in [0.15, 0.2) is 47.7 Å². The van der Waals surface area contributed by atoms with E-state index in [1.54, 1.807) is 13.2 Å². The van der Waals surface area contributed by atoms with Gasteiger partial charge in [-0.05, 0) is 29.0 Å². The van der Waals surface area contributed by atoms with E-state index in [4.69, 9.17) is 0 Å². The van der Waals surface area contributed by atoms with Gasteiger partial charge in [-0.15, -0.1) is 24.0 Å². The lowest BCUT2D eigenvalue weighted by Crippen LogP contribution is -2.37. The van der Waals surface area contributed by atoms with Crippen molar-refractivity contribution in [3.8, 4) is 0 Å². The van der Waals surface area contributed by atoms with Crippen molar-refractivity contribution in [2.75, 3.05) is 13.6 Å². The fourth-order valence-electron chi connectivity index (χ4n) is 2.41. The molecule has 0 aliphatic heterocycles. The largest absolute Gasteiger partial charge is 0.356 e. The molecule has 0 spiro atoms. The Hall–Kier alpha value is -1.57. The van der Waals surface area contributed by atoms with Gasteiger partial charge < -0.3 is 10.6 Å². The third-order valence-electron chi connectivity index (χ3n) is 3.92. The number of aliphatic imine (C=N–C) groups is 1. The first kappa shape index (κ1) is 21.5. The molecule has 0 unspecified atom stereocenters. The highest BCUT2D eigenvalue weighted by Crippen LogP contribution is 2.22. The van der Waals surface area contributed by atoms with Gasteiger partial charge in [0, 0.05) is 39.1 Å². The van der Waals surface area contributed by atoms with Crippen LogP contribution in [0.4, 0.5) is 0 Å². The molecule has 1 heterocycles. The van der Waals surface area contributed by atoms with E-state index in [9.17, 15) is 0 Å². The van der Waals surface area contributed by atoms with E-state index in [1.165, 1.54) is 11.1 Å². The second-order valence-electron chi connectivity index (χ2n) is 6.92. The van der Waals surface area contributed by atoms with Crippen LogP contribution in [-0.2, 0) is 18.5 Å². The van der Waals surface area contributed by atoms with Crippen molar-refractivity contribution in [1.82, 2.24) is 20.4 Å². The SMILES string of the molecule is CN=C(NCCCn1cccn1)NCc1ccc(C(C)(C)C)cc1.I. The first-order valence-corrected chi connectivity index (χ1v) is 8.50. The van der Waals surface area contributed by atoms with Gasteiger partial charge in [-0.1, -0.05) is 45.0 Å². The lowest BCUT2D eigenvalue weighted by atomic mass is 9.87. The predicted molar refractivity (Wildman–Crippen MR) is 116 cm³/mol. The van der Waals surface area contributed by atoms with Crippen LogP contribution in [-0.4, -0.2) is 29.3 Å². The summed E-state index contributed by atoms with van der Waals surface area (Å²) in [6.07, 6.45) is 4.79.